The maximum atomic E-state index is 15.7. The highest BCUT2D eigenvalue weighted by Gasteiger charge is 2.47. The SMILES string of the molecule is COC(=O)OCOc1c2n(ccc1=O)N(C1c3ccccc3-c3ocnc3-c3c1ccc(F)c3F)C1COCCN1C2=O. The molecule has 0 N–H and O–H groups in total. The van der Waals surface area contributed by atoms with Crippen molar-refractivity contribution >= 4 is 12.1 Å². The van der Waals surface area contributed by atoms with E-state index in [0.29, 0.717) is 16.7 Å². The Kier molecular flexibility index (Phi) is 6.34. The highest BCUT2D eigenvalue weighted by atomic mass is 19.2. The molecule has 4 aromatic rings. The lowest BCUT2D eigenvalue weighted by Crippen LogP contribution is -2.66. The number of fused-ring (bicyclic) bond motifs is 7. The van der Waals surface area contributed by atoms with Crippen molar-refractivity contribution in [3.8, 4) is 28.3 Å². The number of hydrogen-bond donors (Lipinski definition) is 0. The van der Waals surface area contributed by atoms with Gasteiger partial charge in [0.2, 0.25) is 18.0 Å². The number of nitrogens with zero attached hydrogens (tertiary/aromatic N) is 4. The first-order valence-corrected chi connectivity index (χ1v) is 13.2. The van der Waals surface area contributed by atoms with Crippen LogP contribution in [0.3, 0.4) is 0 Å². The van der Waals surface area contributed by atoms with Crippen molar-refractivity contribution in [3.63, 3.8) is 0 Å². The van der Waals surface area contributed by atoms with E-state index in [1.807, 2.05) is 6.07 Å². The number of morpholine rings is 1. The Morgan fingerprint density at radius 3 is 2.79 bits per heavy atom. The van der Waals surface area contributed by atoms with Gasteiger partial charge in [0, 0.05) is 29.9 Å². The van der Waals surface area contributed by atoms with E-state index in [9.17, 15) is 18.8 Å². The summed E-state index contributed by atoms with van der Waals surface area (Å²) in [6.07, 6.45) is 0.786. The van der Waals surface area contributed by atoms with E-state index < -0.39 is 48.1 Å². The molecule has 7 rings (SSSR count). The molecule has 12 nitrogen and oxygen atoms in total. The van der Waals surface area contributed by atoms with Crippen LogP contribution in [0, 0.1) is 11.6 Å². The van der Waals surface area contributed by atoms with Gasteiger partial charge in [-0.15, -0.1) is 0 Å². The zero-order valence-electron chi connectivity index (χ0n) is 22.5. The minimum atomic E-state index is -1.11. The Bertz CT molecular complexity index is 1840. The Morgan fingerprint density at radius 2 is 1.95 bits per heavy atom. The van der Waals surface area contributed by atoms with Crippen molar-refractivity contribution in [2.45, 2.75) is 12.2 Å². The first kappa shape index (κ1) is 26.6. The predicted molar refractivity (Wildman–Crippen MR) is 143 cm³/mol. The van der Waals surface area contributed by atoms with Crippen LogP contribution in [0.4, 0.5) is 13.6 Å². The number of oxazole rings is 1. The van der Waals surface area contributed by atoms with Gasteiger partial charge >= 0.3 is 6.16 Å². The first-order valence-electron chi connectivity index (χ1n) is 13.2. The minimum absolute atomic E-state index is 0.0679. The Balaban J connectivity index is 1.49. The molecule has 1 saturated heterocycles. The fourth-order valence-electron chi connectivity index (χ4n) is 5.90. The van der Waals surface area contributed by atoms with Gasteiger partial charge in [-0.1, -0.05) is 30.3 Å². The lowest BCUT2D eigenvalue weighted by Gasteiger charge is -2.51. The number of rotatable bonds is 4. The molecule has 2 aromatic carbocycles. The van der Waals surface area contributed by atoms with Crippen molar-refractivity contribution in [2.75, 3.05) is 38.7 Å². The lowest BCUT2D eigenvalue weighted by atomic mass is 9.92. The quantitative estimate of drug-likeness (QED) is 0.257. The zero-order chi connectivity index (χ0) is 29.8. The summed E-state index contributed by atoms with van der Waals surface area (Å²) in [6.45, 7) is -0.240. The van der Waals surface area contributed by atoms with Crippen molar-refractivity contribution in [3.05, 3.63) is 93.7 Å². The van der Waals surface area contributed by atoms with Gasteiger partial charge in [-0.3, -0.25) is 19.3 Å². The minimum Gasteiger partial charge on any atom is -0.451 e. The summed E-state index contributed by atoms with van der Waals surface area (Å²) in [6, 6.07) is 9.98. The van der Waals surface area contributed by atoms with Crippen LogP contribution >= 0.6 is 0 Å². The molecular formula is C29H22F2N4O8. The average Bonchev–Trinajstić information content (AvgIpc) is 3.47. The number of ether oxygens (including phenoxy) is 4. The van der Waals surface area contributed by atoms with E-state index >= 15 is 4.39 Å². The number of benzene rings is 2. The molecule has 0 saturated carbocycles. The van der Waals surface area contributed by atoms with E-state index in [0.717, 1.165) is 13.2 Å². The molecule has 0 radical (unpaired) electrons. The number of methoxy groups -OCH3 is 1. The van der Waals surface area contributed by atoms with Gasteiger partial charge in [0.15, 0.2) is 29.5 Å². The lowest BCUT2D eigenvalue weighted by molar-refractivity contribution is -0.0208. The van der Waals surface area contributed by atoms with Crippen molar-refractivity contribution in [1.29, 1.82) is 0 Å². The summed E-state index contributed by atoms with van der Waals surface area (Å²) in [4.78, 5) is 44.3. The maximum Gasteiger partial charge on any atom is 0.510 e. The van der Waals surface area contributed by atoms with Gasteiger partial charge in [0.05, 0.1) is 26.4 Å². The second-order valence-corrected chi connectivity index (χ2v) is 9.84. The molecule has 0 spiro atoms. The van der Waals surface area contributed by atoms with Gasteiger partial charge in [-0.2, -0.15) is 0 Å². The second-order valence-electron chi connectivity index (χ2n) is 9.84. The predicted octanol–water partition coefficient (Wildman–Crippen LogP) is 3.42. The van der Waals surface area contributed by atoms with Gasteiger partial charge < -0.3 is 28.3 Å². The van der Waals surface area contributed by atoms with E-state index in [2.05, 4.69) is 9.72 Å². The molecule has 3 aliphatic rings. The molecule has 14 heteroatoms. The van der Waals surface area contributed by atoms with Crippen molar-refractivity contribution in [2.24, 2.45) is 0 Å². The van der Waals surface area contributed by atoms with Gasteiger partial charge in [0.25, 0.3) is 5.91 Å². The van der Waals surface area contributed by atoms with Crippen LogP contribution < -0.4 is 15.2 Å². The summed E-state index contributed by atoms with van der Waals surface area (Å²) in [5, 5.41) is 1.75. The molecule has 2 aromatic heterocycles. The summed E-state index contributed by atoms with van der Waals surface area (Å²) in [5.74, 6) is -2.83. The van der Waals surface area contributed by atoms with E-state index in [-0.39, 0.29) is 48.2 Å². The standard InChI is InChI=1S/C29H22F2N4O8/c1-39-29(38)43-14-42-27-19(36)8-9-34-25(27)28(37)33-10-11-40-12-20(33)35(34)24-15-4-2-3-5-16(15)26-23(32-13-41-26)21-17(24)6-7-18(30)22(21)31/h2-9,13,20,24H,10-12,14H2,1H3. The summed E-state index contributed by atoms with van der Waals surface area (Å²) >= 11 is 0. The molecule has 2 atom stereocenters. The van der Waals surface area contributed by atoms with Crippen LogP contribution in [0.15, 0.2) is 64.3 Å². The number of carbonyl (C=O) groups excluding carboxylic acids is 2. The molecule has 1 fully saturated rings. The van der Waals surface area contributed by atoms with Crippen LogP contribution in [-0.2, 0) is 14.2 Å². The fourth-order valence-corrected chi connectivity index (χ4v) is 5.90. The number of hydrogen-bond acceptors (Lipinski definition) is 10. The molecule has 1 amide bonds. The average molecular weight is 593 g/mol. The molecule has 4 heterocycles. The number of pyridine rings is 1. The third-order valence-corrected chi connectivity index (χ3v) is 7.69. The van der Waals surface area contributed by atoms with Crippen LogP contribution in [0.5, 0.6) is 5.75 Å². The van der Waals surface area contributed by atoms with Gasteiger partial charge in [-0.05, 0) is 17.2 Å². The van der Waals surface area contributed by atoms with E-state index in [1.165, 1.54) is 34.3 Å². The molecule has 0 bridgehead atoms. The third-order valence-electron chi connectivity index (χ3n) is 7.69. The molecule has 2 unspecified atom stereocenters. The normalized spacial score (nSPS) is 18.4. The molecule has 220 valence electrons. The second kappa shape index (κ2) is 10.2. The maximum absolute atomic E-state index is 15.7. The van der Waals surface area contributed by atoms with Crippen LogP contribution in [0.2, 0.25) is 0 Å². The highest BCUT2D eigenvalue weighted by molar-refractivity contribution is 5.97. The largest absolute Gasteiger partial charge is 0.510 e. The highest BCUT2D eigenvalue weighted by Crippen LogP contribution is 2.48. The van der Waals surface area contributed by atoms with Gasteiger partial charge in [0.1, 0.15) is 11.9 Å². The number of halogens is 2. The topological polar surface area (TPSA) is 126 Å². The smallest absolute Gasteiger partial charge is 0.451 e. The number of carbonyl (C=O) groups is 2. The summed E-state index contributed by atoms with van der Waals surface area (Å²) in [5.41, 5.74) is 0.761. The van der Waals surface area contributed by atoms with E-state index in [1.54, 1.807) is 23.2 Å². The van der Waals surface area contributed by atoms with Crippen LogP contribution in [0.1, 0.15) is 27.7 Å². The number of aromatic nitrogens is 2. The van der Waals surface area contributed by atoms with Crippen molar-refractivity contribution in [1.82, 2.24) is 14.6 Å². The Morgan fingerprint density at radius 1 is 1.12 bits per heavy atom. The van der Waals surface area contributed by atoms with Crippen molar-refractivity contribution < 1.29 is 41.7 Å². The molecular weight excluding hydrogens is 570 g/mol. The Hall–Kier alpha value is -5.24. The molecule has 1 aliphatic carbocycles. The van der Waals surface area contributed by atoms with Gasteiger partial charge in [-0.25, -0.2) is 18.6 Å². The number of amides is 1. The molecule has 43 heavy (non-hydrogen) atoms. The zero-order valence-corrected chi connectivity index (χ0v) is 22.5. The first-order chi connectivity index (χ1) is 20.9. The van der Waals surface area contributed by atoms with Crippen LogP contribution in [0.25, 0.3) is 22.6 Å². The summed E-state index contributed by atoms with van der Waals surface area (Å²) in [7, 11) is 1.11. The molecule has 2 aliphatic heterocycles. The fraction of sp³-hybridized carbons (Fsp3) is 0.241. The Labute approximate surface area is 241 Å². The van der Waals surface area contributed by atoms with Crippen LogP contribution in [-0.4, -0.2) is 66.4 Å². The van der Waals surface area contributed by atoms with E-state index in [4.69, 9.17) is 18.6 Å². The third kappa shape index (κ3) is 4.05. The monoisotopic (exact) mass is 592 g/mol. The summed E-state index contributed by atoms with van der Waals surface area (Å²) < 4.78 is 58.3.